The van der Waals surface area contributed by atoms with Crippen molar-refractivity contribution in [3.63, 3.8) is 0 Å². The van der Waals surface area contributed by atoms with Crippen molar-refractivity contribution in [3.05, 3.63) is 53.9 Å². The molecule has 162 valence electrons. The lowest BCUT2D eigenvalue weighted by atomic mass is 10.2. The summed E-state index contributed by atoms with van der Waals surface area (Å²) in [5.74, 6) is -1.69. The van der Waals surface area contributed by atoms with E-state index in [1.54, 1.807) is 13.0 Å². The molecule has 1 aliphatic heterocycles. The maximum atomic E-state index is 11.2. The van der Waals surface area contributed by atoms with Crippen LogP contribution < -0.4 is 10.0 Å². The lowest BCUT2D eigenvalue weighted by Crippen LogP contribution is -2.48. The molecule has 2 N–H and O–H groups in total. The van der Waals surface area contributed by atoms with Gasteiger partial charge in [-0.25, -0.2) is 4.98 Å². The number of carbonyl (C=O) groups is 2. The van der Waals surface area contributed by atoms with E-state index in [2.05, 4.69) is 9.88 Å². The van der Waals surface area contributed by atoms with Crippen LogP contribution in [0.4, 0.5) is 5.69 Å². The fourth-order valence-electron chi connectivity index (χ4n) is 3.96. The van der Waals surface area contributed by atoms with Gasteiger partial charge in [0, 0.05) is 37.6 Å². The zero-order chi connectivity index (χ0) is 22.1. The van der Waals surface area contributed by atoms with Gasteiger partial charge in [-0.3, -0.25) is 14.3 Å². The van der Waals surface area contributed by atoms with Gasteiger partial charge in [0.1, 0.15) is 11.9 Å². The number of nitrogens with zero attached hydrogens (tertiary/aromatic N) is 4. The second-order valence-corrected chi connectivity index (χ2v) is 7.65. The van der Waals surface area contributed by atoms with Crippen LogP contribution in [0, 0.1) is 0 Å². The van der Waals surface area contributed by atoms with Crippen molar-refractivity contribution >= 4 is 28.7 Å². The van der Waals surface area contributed by atoms with Gasteiger partial charge in [-0.2, -0.15) is 0 Å². The van der Waals surface area contributed by atoms with E-state index in [-0.39, 0.29) is 12.1 Å². The molecule has 3 aromatic rings. The highest BCUT2D eigenvalue weighted by Gasteiger charge is 2.21. The number of imidazole rings is 1. The number of aromatic carboxylic acids is 1. The number of aliphatic hydroxyl groups is 1. The van der Waals surface area contributed by atoms with Crippen LogP contribution >= 0.6 is 0 Å². The number of carboxylic acids is 2. The van der Waals surface area contributed by atoms with E-state index in [9.17, 15) is 19.8 Å². The number of benzene rings is 2. The number of aliphatic hydroxyl groups excluding tert-OH is 1. The third-order valence-electron chi connectivity index (χ3n) is 5.47. The Morgan fingerprint density at radius 3 is 2.45 bits per heavy atom. The summed E-state index contributed by atoms with van der Waals surface area (Å²) in [6.45, 7) is 4.40. The third kappa shape index (κ3) is 4.23. The molecule has 1 fully saturated rings. The molecule has 0 aliphatic carbocycles. The van der Waals surface area contributed by atoms with Crippen molar-refractivity contribution < 1.29 is 24.9 Å². The largest absolute Gasteiger partial charge is 0.545 e. The highest BCUT2D eigenvalue weighted by Crippen LogP contribution is 2.28. The van der Waals surface area contributed by atoms with Crippen LogP contribution in [-0.4, -0.2) is 69.3 Å². The van der Waals surface area contributed by atoms with Crippen molar-refractivity contribution in [2.45, 2.75) is 13.0 Å². The second-order valence-electron chi connectivity index (χ2n) is 7.65. The minimum atomic E-state index is -1.28. The molecule has 0 amide bonds. The first-order valence-electron chi connectivity index (χ1n) is 10.0. The molecule has 0 saturated carbocycles. The van der Waals surface area contributed by atoms with Gasteiger partial charge in [-0.05, 0) is 42.8 Å². The Labute approximate surface area is 178 Å². The molecule has 1 unspecified atom stereocenters. The number of hydrogen-bond acceptors (Lipinski definition) is 7. The topological polar surface area (TPSA) is 122 Å². The van der Waals surface area contributed by atoms with Crippen LogP contribution in [0.1, 0.15) is 29.2 Å². The first kappa shape index (κ1) is 20.8. The number of aliphatic carboxylic acids is 1. The van der Waals surface area contributed by atoms with E-state index in [1.807, 2.05) is 33.7 Å². The number of piperazine rings is 1. The molecule has 9 heteroatoms. The first-order valence-corrected chi connectivity index (χ1v) is 10.0. The molecule has 31 heavy (non-hydrogen) atoms. The van der Waals surface area contributed by atoms with Gasteiger partial charge in [0.15, 0.2) is 0 Å². The van der Waals surface area contributed by atoms with Crippen molar-refractivity contribution in [2.75, 3.05) is 37.6 Å². The van der Waals surface area contributed by atoms with Gasteiger partial charge in [0.25, 0.3) is 0 Å². The summed E-state index contributed by atoms with van der Waals surface area (Å²) in [6.07, 6.45) is -0.859. The molecule has 1 aliphatic rings. The Bertz CT molecular complexity index is 1130. The Balaban J connectivity index is 1.68. The molecule has 2 heterocycles. The standard InChI is InChI=1S/C22H24N4O5/c1-14(27)21-23-18-11-15(22(30)31)5-6-19(18)26(21)17-4-2-3-16(12-17)25-9-7-24(8-10-25)13-20(28)29/h2-6,11-12,14,27H,7-10,13H2,1H3,(H,28,29)(H,30,31)/p-1. The first-order chi connectivity index (χ1) is 14.8. The SMILES string of the molecule is CC(O)c1nc2cc(C(=O)[O-])ccc2n1-c1cccc(N2CCN(CC(=O)O)CC2)c1. The minimum absolute atomic E-state index is 0.0299. The van der Waals surface area contributed by atoms with E-state index >= 15 is 0 Å². The third-order valence-corrected chi connectivity index (χ3v) is 5.47. The molecule has 9 nitrogen and oxygen atoms in total. The number of hydrogen-bond donors (Lipinski definition) is 2. The Hall–Kier alpha value is -3.43. The van der Waals surface area contributed by atoms with Gasteiger partial charge in [0.05, 0.1) is 23.5 Å². The summed E-state index contributed by atoms with van der Waals surface area (Å²) < 4.78 is 1.82. The molecule has 4 rings (SSSR count). The van der Waals surface area contributed by atoms with Crippen molar-refractivity contribution in [3.8, 4) is 5.69 Å². The fourth-order valence-corrected chi connectivity index (χ4v) is 3.96. The number of carbonyl (C=O) groups excluding carboxylic acids is 1. The highest BCUT2D eigenvalue weighted by atomic mass is 16.4. The summed E-state index contributed by atoms with van der Waals surface area (Å²) in [5, 5.41) is 30.5. The van der Waals surface area contributed by atoms with Crippen molar-refractivity contribution in [2.24, 2.45) is 0 Å². The quantitative estimate of drug-likeness (QED) is 0.593. The van der Waals surface area contributed by atoms with E-state index in [0.29, 0.717) is 43.0 Å². The van der Waals surface area contributed by atoms with E-state index < -0.39 is 18.0 Å². The summed E-state index contributed by atoms with van der Waals surface area (Å²) in [6, 6.07) is 12.4. The smallest absolute Gasteiger partial charge is 0.317 e. The average molecular weight is 423 g/mol. The Morgan fingerprint density at radius 2 is 1.81 bits per heavy atom. The van der Waals surface area contributed by atoms with Crippen molar-refractivity contribution in [1.29, 1.82) is 0 Å². The normalized spacial score (nSPS) is 15.9. The van der Waals surface area contributed by atoms with Crippen molar-refractivity contribution in [1.82, 2.24) is 14.5 Å². The molecular weight excluding hydrogens is 400 g/mol. The van der Waals surface area contributed by atoms with E-state index in [1.165, 1.54) is 12.1 Å². The van der Waals surface area contributed by atoms with Gasteiger partial charge in [-0.1, -0.05) is 12.1 Å². The van der Waals surface area contributed by atoms with Crippen LogP contribution in [0.2, 0.25) is 0 Å². The monoisotopic (exact) mass is 423 g/mol. The lowest BCUT2D eigenvalue weighted by molar-refractivity contribution is -0.255. The number of fused-ring (bicyclic) bond motifs is 1. The fraction of sp³-hybridized carbons (Fsp3) is 0.318. The van der Waals surface area contributed by atoms with Gasteiger partial charge < -0.3 is 25.0 Å². The molecule has 0 spiro atoms. The maximum Gasteiger partial charge on any atom is 0.317 e. The minimum Gasteiger partial charge on any atom is -0.545 e. The predicted octanol–water partition coefficient (Wildman–Crippen LogP) is 0.649. The predicted molar refractivity (Wildman–Crippen MR) is 112 cm³/mol. The van der Waals surface area contributed by atoms with Gasteiger partial charge >= 0.3 is 5.97 Å². The molecule has 1 saturated heterocycles. The lowest BCUT2D eigenvalue weighted by Gasteiger charge is -2.35. The van der Waals surface area contributed by atoms with Gasteiger partial charge in [0.2, 0.25) is 0 Å². The van der Waals surface area contributed by atoms with Crippen LogP contribution in [0.3, 0.4) is 0 Å². The molecule has 2 aromatic carbocycles. The molecule has 0 bridgehead atoms. The second kappa shape index (κ2) is 8.37. The van der Waals surface area contributed by atoms with Crippen LogP contribution in [0.15, 0.2) is 42.5 Å². The average Bonchev–Trinajstić information content (AvgIpc) is 3.13. The van der Waals surface area contributed by atoms with Crippen LogP contribution in [0.5, 0.6) is 0 Å². The number of carboxylic acid groups (broad SMARTS) is 2. The molecule has 1 atom stereocenters. The summed E-state index contributed by atoms with van der Waals surface area (Å²) in [4.78, 5) is 30.7. The summed E-state index contributed by atoms with van der Waals surface area (Å²) >= 11 is 0. The Morgan fingerprint density at radius 1 is 1.10 bits per heavy atom. The zero-order valence-electron chi connectivity index (χ0n) is 17.1. The van der Waals surface area contributed by atoms with Crippen LogP contribution in [0.25, 0.3) is 16.7 Å². The summed E-state index contributed by atoms with van der Waals surface area (Å²) in [5.41, 5.74) is 2.96. The zero-order valence-corrected chi connectivity index (χ0v) is 17.1. The number of anilines is 1. The Kier molecular flexibility index (Phi) is 5.62. The summed E-state index contributed by atoms with van der Waals surface area (Å²) in [7, 11) is 0. The highest BCUT2D eigenvalue weighted by molar-refractivity contribution is 5.91. The molecule has 1 aromatic heterocycles. The molecule has 0 radical (unpaired) electrons. The van der Waals surface area contributed by atoms with Gasteiger partial charge in [-0.15, -0.1) is 0 Å². The van der Waals surface area contributed by atoms with Crippen LogP contribution in [-0.2, 0) is 4.79 Å². The maximum absolute atomic E-state index is 11.2. The molecular formula is C22H23N4O5-. The van der Waals surface area contributed by atoms with E-state index in [0.717, 1.165) is 11.4 Å². The number of aromatic nitrogens is 2. The van der Waals surface area contributed by atoms with E-state index in [4.69, 9.17) is 5.11 Å². The number of rotatable bonds is 6.